The van der Waals surface area contributed by atoms with Gasteiger partial charge in [-0.25, -0.2) is 0 Å². The fourth-order valence-electron chi connectivity index (χ4n) is 3.71. The van der Waals surface area contributed by atoms with Crippen molar-refractivity contribution in [2.45, 2.75) is 19.1 Å². The molecule has 0 spiro atoms. The summed E-state index contributed by atoms with van der Waals surface area (Å²) in [5.41, 5.74) is 2.34. The van der Waals surface area contributed by atoms with E-state index in [2.05, 4.69) is 58.7 Å². The van der Waals surface area contributed by atoms with Gasteiger partial charge in [-0.05, 0) is 21.9 Å². The van der Waals surface area contributed by atoms with Gasteiger partial charge in [0.15, 0.2) is 0 Å². The molecule has 1 heterocycles. The summed E-state index contributed by atoms with van der Waals surface area (Å²) in [5.74, 6) is 0.0408. The molecule has 3 aromatic carbocycles. The number of ether oxygens (including phenoxy) is 1. The van der Waals surface area contributed by atoms with Crippen LogP contribution in [0.25, 0.3) is 10.8 Å². The van der Waals surface area contributed by atoms with Crippen molar-refractivity contribution >= 4 is 16.7 Å². The van der Waals surface area contributed by atoms with Crippen LogP contribution in [0.2, 0.25) is 0 Å². The van der Waals surface area contributed by atoms with Crippen LogP contribution in [-0.2, 0) is 22.5 Å². The molecule has 0 saturated carbocycles. The molecular weight excluding hydrogens is 348 g/mol. The number of morpholine rings is 1. The lowest BCUT2D eigenvalue weighted by atomic mass is 10.0. The molecule has 0 radical (unpaired) electrons. The fraction of sp³-hybridized carbons (Fsp3) is 0.292. The molecule has 1 unspecified atom stereocenters. The van der Waals surface area contributed by atoms with E-state index in [9.17, 15) is 4.79 Å². The number of nitrogens with one attached hydrogen (secondary N) is 1. The summed E-state index contributed by atoms with van der Waals surface area (Å²) in [7, 11) is 0. The normalized spacial score (nSPS) is 17.5. The Morgan fingerprint density at radius 1 is 0.964 bits per heavy atom. The van der Waals surface area contributed by atoms with Gasteiger partial charge in [0.2, 0.25) is 5.91 Å². The predicted octanol–water partition coefficient (Wildman–Crippen LogP) is 3.40. The van der Waals surface area contributed by atoms with E-state index in [1.54, 1.807) is 0 Å². The lowest BCUT2D eigenvalue weighted by Crippen LogP contribution is -2.47. The van der Waals surface area contributed by atoms with Gasteiger partial charge < -0.3 is 10.1 Å². The zero-order valence-electron chi connectivity index (χ0n) is 16.0. The van der Waals surface area contributed by atoms with Crippen LogP contribution in [0.4, 0.5) is 0 Å². The molecule has 0 aromatic heterocycles. The smallest absolute Gasteiger partial charge is 0.224 e. The summed E-state index contributed by atoms with van der Waals surface area (Å²) in [4.78, 5) is 14.8. The van der Waals surface area contributed by atoms with Crippen molar-refractivity contribution in [3.63, 3.8) is 0 Å². The summed E-state index contributed by atoms with van der Waals surface area (Å²) >= 11 is 0. The highest BCUT2D eigenvalue weighted by molar-refractivity contribution is 5.85. The van der Waals surface area contributed by atoms with E-state index < -0.39 is 0 Å². The van der Waals surface area contributed by atoms with Crippen molar-refractivity contribution in [3.8, 4) is 0 Å². The minimum Gasteiger partial charge on any atom is -0.374 e. The van der Waals surface area contributed by atoms with Crippen LogP contribution >= 0.6 is 0 Å². The van der Waals surface area contributed by atoms with Crippen LogP contribution < -0.4 is 5.32 Å². The van der Waals surface area contributed by atoms with E-state index in [-0.39, 0.29) is 12.0 Å². The van der Waals surface area contributed by atoms with Gasteiger partial charge in [0.25, 0.3) is 0 Å². The average Bonchev–Trinajstić information content (AvgIpc) is 2.73. The summed E-state index contributed by atoms with van der Waals surface area (Å²) in [5, 5.41) is 5.40. The Kier molecular flexibility index (Phi) is 6.00. The lowest BCUT2D eigenvalue weighted by Gasteiger charge is -2.33. The van der Waals surface area contributed by atoms with Crippen molar-refractivity contribution in [1.29, 1.82) is 0 Å². The van der Waals surface area contributed by atoms with Gasteiger partial charge in [-0.3, -0.25) is 9.69 Å². The lowest BCUT2D eigenvalue weighted by molar-refractivity contribution is -0.121. The van der Waals surface area contributed by atoms with Crippen LogP contribution in [0.3, 0.4) is 0 Å². The molecule has 144 valence electrons. The number of nitrogens with zero attached hydrogens (tertiary/aromatic N) is 1. The minimum absolute atomic E-state index is 0.0398. The summed E-state index contributed by atoms with van der Waals surface area (Å²) in [6.07, 6.45) is 0.434. The number of fused-ring (bicyclic) bond motifs is 1. The van der Waals surface area contributed by atoms with Gasteiger partial charge in [0.1, 0.15) is 0 Å². The minimum atomic E-state index is 0.0398. The van der Waals surface area contributed by atoms with E-state index in [1.807, 2.05) is 24.3 Å². The summed E-state index contributed by atoms with van der Waals surface area (Å²) < 4.78 is 5.85. The Morgan fingerprint density at radius 2 is 1.75 bits per heavy atom. The molecule has 4 heteroatoms. The zero-order valence-corrected chi connectivity index (χ0v) is 16.0. The maximum atomic E-state index is 12.4. The zero-order chi connectivity index (χ0) is 19.2. The predicted molar refractivity (Wildman–Crippen MR) is 112 cm³/mol. The van der Waals surface area contributed by atoms with E-state index in [0.29, 0.717) is 19.6 Å². The van der Waals surface area contributed by atoms with Crippen molar-refractivity contribution in [3.05, 3.63) is 83.9 Å². The molecule has 1 N–H and O–H groups in total. The summed E-state index contributed by atoms with van der Waals surface area (Å²) in [6.45, 7) is 3.95. The first kappa shape index (κ1) is 18.7. The Labute approximate surface area is 166 Å². The molecule has 4 rings (SSSR count). The first-order valence-electron chi connectivity index (χ1n) is 9.88. The number of benzene rings is 3. The van der Waals surface area contributed by atoms with E-state index in [4.69, 9.17) is 4.74 Å². The van der Waals surface area contributed by atoms with E-state index in [1.165, 1.54) is 16.3 Å². The molecule has 0 aliphatic carbocycles. The average molecular weight is 374 g/mol. The molecule has 4 nitrogen and oxygen atoms in total. The molecule has 1 aliphatic rings. The van der Waals surface area contributed by atoms with Gasteiger partial charge in [0, 0.05) is 26.2 Å². The Bertz CT molecular complexity index is 926. The second-order valence-electron chi connectivity index (χ2n) is 7.38. The highest BCUT2D eigenvalue weighted by Crippen LogP contribution is 2.16. The highest BCUT2D eigenvalue weighted by atomic mass is 16.5. The molecule has 1 amide bonds. The monoisotopic (exact) mass is 374 g/mol. The first-order valence-corrected chi connectivity index (χ1v) is 9.88. The second-order valence-corrected chi connectivity index (χ2v) is 7.38. The maximum absolute atomic E-state index is 12.4. The molecule has 1 fully saturated rings. The van der Waals surface area contributed by atoms with Crippen molar-refractivity contribution in [2.75, 3.05) is 26.2 Å². The maximum Gasteiger partial charge on any atom is 0.224 e. The largest absolute Gasteiger partial charge is 0.374 e. The number of hydrogen-bond donors (Lipinski definition) is 1. The van der Waals surface area contributed by atoms with Crippen molar-refractivity contribution in [2.24, 2.45) is 0 Å². The van der Waals surface area contributed by atoms with Crippen molar-refractivity contribution in [1.82, 2.24) is 10.2 Å². The topological polar surface area (TPSA) is 41.6 Å². The van der Waals surface area contributed by atoms with E-state index in [0.717, 1.165) is 25.2 Å². The van der Waals surface area contributed by atoms with Gasteiger partial charge in [-0.2, -0.15) is 0 Å². The Hall–Kier alpha value is -2.69. The molecule has 1 atom stereocenters. The van der Waals surface area contributed by atoms with Gasteiger partial charge in [-0.1, -0.05) is 72.8 Å². The van der Waals surface area contributed by atoms with Crippen molar-refractivity contribution < 1.29 is 9.53 Å². The highest BCUT2D eigenvalue weighted by Gasteiger charge is 2.21. The molecule has 1 saturated heterocycles. The fourth-order valence-corrected chi connectivity index (χ4v) is 3.71. The molecular formula is C24H26N2O2. The SMILES string of the molecule is O=C(Cc1ccc2ccccc2c1)NCC1CN(Cc2ccccc2)CCO1. The standard InChI is InChI=1S/C24H26N2O2/c27-24(15-20-10-11-21-8-4-5-9-22(21)14-20)25-16-23-18-26(12-13-28-23)17-19-6-2-1-3-7-19/h1-11,14,23H,12-13,15-18H2,(H,25,27). The van der Waals surface area contributed by atoms with Gasteiger partial charge >= 0.3 is 0 Å². The van der Waals surface area contributed by atoms with Crippen LogP contribution in [0.15, 0.2) is 72.8 Å². The van der Waals surface area contributed by atoms with Gasteiger partial charge in [0.05, 0.1) is 19.1 Å². The Morgan fingerprint density at radius 3 is 2.61 bits per heavy atom. The third-order valence-corrected chi connectivity index (χ3v) is 5.18. The first-order chi connectivity index (χ1) is 13.8. The molecule has 1 aliphatic heterocycles. The molecule has 0 bridgehead atoms. The molecule has 28 heavy (non-hydrogen) atoms. The number of carbonyl (C=O) groups excluding carboxylic acids is 1. The molecule has 3 aromatic rings. The van der Waals surface area contributed by atoms with E-state index >= 15 is 0 Å². The van der Waals surface area contributed by atoms with Crippen LogP contribution in [-0.4, -0.2) is 43.2 Å². The number of carbonyl (C=O) groups is 1. The van der Waals surface area contributed by atoms with Crippen LogP contribution in [0.1, 0.15) is 11.1 Å². The second kappa shape index (κ2) is 9.00. The quantitative estimate of drug-likeness (QED) is 0.719. The van der Waals surface area contributed by atoms with Crippen LogP contribution in [0.5, 0.6) is 0 Å². The number of rotatable bonds is 6. The number of hydrogen-bond acceptors (Lipinski definition) is 3. The third-order valence-electron chi connectivity index (χ3n) is 5.18. The van der Waals surface area contributed by atoms with Crippen LogP contribution in [0, 0.1) is 0 Å². The third kappa shape index (κ3) is 4.97. The summed E-state index contributed by atoms with van der Waals surface area (Å²) in [6, 6.07) is 24.9. The Balaban J connectivity index is 1.26. The number of amides is 1. The van der Waals surface area contributed by atoms with Gasteiger partial charge in [-0.15, -0.1) is 0 Å².